The van der Waals surface area contributed by atoms with Crippen molar-refractivity contribution in [3.8, 4) is 11.5 Å². The van der Waals surface area contributed by atoms with Crippen LogP contribution in [0.1, 0.15) is 59.0 Å². The third-order valence-electron chi connectivity index (χ3n) is 4.83. The molecule has 4 N–H and O–H groups in total. The number of amides is 1. The van der Waals surface area contributed by atoms with Crippen LogP contribution in [0.4, 0.5) is 10.5 Å². The Kier molecular flexibility index (Phi) is 7.09. The van der Waals surface area contributed by atoms with E-state index in [-0.39, 0.29) is 53.4 Å². The van der Waals surface area contributed by atoms with Gasteiger partial charge in [0.1, 0.15) is 23.6 Å². The molecule has 10 heteroatoms. The van der Waals surface area contributed by atoms with E-state index in [9.17, 15) is 29.4 Å². The average Bonchev–Trinajstić information content (AvgIpc) is 2.75. The molecule has 2 aromatic carbocycles. The van der Waals surface area contributed by atoms with E-state index < -0.39 is 29.2 Å². The van der Waals surface area contributed by atoms with E-state index in [4.69, 9.17) is 9.47 Å². The van der Waals surface area contributed by atoms with E-state index in [1.807, 2.05) is 0 Å². The number of phenolic OH excluding ortho intramolecular Hbond substituents is 2. The van der Waals surface area contributed by atoms with Crippen molar-refractivity contribution in [2.75, 3.05) is 25.0 Å². The minimum Gasteiger partial charge on any atom is -0.507 e. The maximum atomic E-state index is 13.1. The molecule has 0 saturated heterocycles. The van der Waals surface area contributed by atoms with Crippen LogP contribution in [-0.4, -0.2) is 59.1 Å². The molecule has 0 atom stereocenters. The van der Waals surface area contributed by atoms with Crippen molar-refractivity contribution in [2.24, 2.45) is 0 Å². The Labute approximate surface area is 195 Å². The first-order chi connectivity index (χ1) is 16.0. The van der Waals surface area contributed by atoms with Crippen molar-refractivity contribution >= 4 is 29.3 Å². The van der Waals surface area contributed by atoms with Gasteiger partial charge in [0.15, 0.2) is 11.6 Å². The Balaban J connectivity index is 1.57. The van der Waals surface area contributed by atoms with Crippen molar-refractivity contribution in [1.29, 1.82) is 0 Å². The third-order valence-corrected chi connectivity index (χ3v) is 4.83. The predicted molar refractivity (Wildman–Crippen MR) is 121 cm³/mol. The van der Waals surface area contributed by atoms with E-state index in [2.05, 4.69) is 10.6 Å². The topological polar surface area (TPSA) is 151 Å². The van der Waals surface area contributed by atoms with Crippen LogP contribution in [0.2, 0.25) is 0 Å². The first-order valence-corrected chi connectivity index (χ1v) is 10.6. The number of carbonyl (C=O) groups is 4. The Morgan fingerprint density at radius 2 is 1.65 bits per heavy atom. The number of carbonyl (C=O) groups excluding carboxylic acids is 4. The van der Waals surface area contributed by atoms with Crippen molar-refractivity contribution in [2.45, 2.75) is 32.8 Å². The van der Waals surface area contributed by atoms with Crippen LogP contribution in [0.5, 0.6) is 11.5 Å². The summed E-state index contributed by atoms with van der Waals surface area (Å²) in [6, 6.07) is 6.96. The second-order valence-electron chi connectivity index (χ2n) is 8.60. The molecule has 0 spiro atoms. The molecule has 10 nitrogen and oxygen atoms in total. The fraction of sp³-hybridized carbons (Fsp3) is 0.333. The number of fused-ring (bicyclic) bond motifs is 2. The summed E-state index contributed by atoms with van der Waals surface area (Å²) >= 11 is 0. The van der Waals surface area contributed by atoms with Crippen LogP contribution in [0.15, 0.2) is 30.3 Å². The Morgan fingerprint density at radius 3 is 2.35 bits per heavy atom. The maximum absolute atomic E-state index is 13.1. The van der Waals surface area contributed by atoms with Gasteiger partial charge in [-0.05, 0) is 45.4 Å². The lowest BCUT2D eigenvalue weighted by atomic mass is 9.82. The van der Waals surface area contributed by atoms with Gasteiger partial charge in [0, 0.05) is 17.8 Å². The molecule has 1 amide bonds. The summed E-state index contributed by atoms with van der Waals surface area (Å²) < 4.78 is 10.1. The number of nitrogens with one attached hydrogen (secondary N) is 2. The highest BCUT2D eigenvalue weighted by Crippen LogP contribution is 2.39. The van der Waals surface area contributed by atoms with E-state index in [1.54, 1.807) is 20.8 Å². The fourth-order valence-corrected chi connectivity index (χ4v) is 3.42. The lowest BCUT2D eigenvalue weighted by Gasteiger charge is -2.22. The minimum atomic E-state index is -0.727. The number of ether oxygens (including phenoxy) is 2. The summed E-state index contributed by atoms with van der Waals surface area (Å²) in [6.07, 6.45) is -0.368. The van der Waals surface area contributed by atoms with Gasteiger partial charge in [0.05, 0.1) is 23.3 Å². The van der Waals surface area contributed by atoms with Gasteiger partial charge in [-0.1, -0.05) is 12.1 Å². The number of rotatable bonds is 7. The molecule has 1 aliphatic rings. The number of hydrogen-bond donors (Lipinski definition) is 4. The number of anilines is 1. The van der Waals surface area contributed by atoms with E-state index in [0.29, 0.717) is 12.1 Å². The maximum Gasteiger partial charge on any atom is 0.408 e. The predicted octanol–water partition coefficient (Wildman–Crippen LogP) is 2.74. The van der Waals surface area contributed by atoms with Crippen LogP contribution in [-0.2, 0) is 14.3 Å². The van der Waals surface area contributed by atoms with Gasteiger partial charge in [-0.25, -0.2) is 4.79 Å². The number of esters is 1. The number of aromatic hydroxyl groups is 2. The van der Waals surface area contributed by atoms with E-state index in [1.165, 1.54) is 30.3 Å². The lowest BCUT2D eigenvalue weighted by molar-refractivity contribution is -0.142. The number of hydrogen-bond acceptors (Lipinski definition) is 9. The molecule has 0 saturated carbocycles. The number of phenols is 2. The van der Waals surface area contributed by atoms with Crippen LogP contribution in [0.3, 0.4) is 0 Å². The first kappa shape index (κ1) is 24.6. The zero-order chi connectivity index (χ0) is 25.0. The van der Waals surface area contributed by atoms with Gasteiger partial charge in [-0.3, -0.25) is 14.4 Å². The summed E-state index contributed by atoms with van der Waals surface area (Å²) in [6.45, 7) is 5.08. The summed E-state index contributed by atoms with van der Waals surface area (Å²) in [4.78, 5) is 49.2. The molecule has 2 aromatic rings. The standard InChI is InChI=1S/C24H26N2O8/c1-24(2,3)34-23(32)26-12-17(29)33-11-5-10-25-14-8-9-16(28)20-19(14)22(31)18-13(21(20)30)6-4-7-15(18)27/h4,6-9,25,27-28H,5,10-12H2,1-3H3,(H,26,32). The molecule has 3 rings (SSSR count). The van der Waals surface area contributed by atoms with Gasteiger partial charge in [-0.15, -0.1) is 0 Å². The second kappa shape index (κ2) is 9.82. The third kappa shape index (κ3) is 5.45. The van der Waals surface area contributed by atoms with Crippen molar-refractivity contribution in [1.82, 2.24) is 5.32 Å². The monoisotopic (exact) mass is 470 g/mol. The largest absolute Gasteiger partial charge is 0.507 e. The molecular formula is C24H26N2O8. The summed E-state index contributed by atoms with van der Waals surface area (Å²) in [5.41, 5.74) is -0.625. The Hall–Kier alpha value is -4.08. The first-order valence-electron chi connectivity index (χ1n) is 10.6. The normalized spacial score (nSPS) is 12.4. The second-order valence-corrected chi connectivity index (χ2v) is 8.60. The molecule has 180 valence electrons. The molecule has 34 heavy (non-hydrogen) atoms. The molecule has 0 aromatic heterocycles. The number of alkyl carbamates (subject to hydrolysis) is 1. The van der Waals surface area contributed by atoms with Crippen LogP contribution < -0.4 is 10.6 Å². The lowest BCUT2D eigenvalue weighted by Crippen LogP contribution is -2.36. The molecule has 0 heterocycles. The molecular weight excluding hydrogens is 444 g/mol. The summed E-state index contributed by atoms with van der Waals surface area (Å²) in [5, 5.41) is 25.7. The highest BCUT2D eigenvalue weighted by molar-refractivity contribution is 6.31. The molecule has 0 bridgehead atoms. The molecule has 1 aliphatic carbocycles. The summed E-state index contributed by atoms with van der Waals surface area (Å²) in [7, 11) is 0. The fourth-order valence-electron chi connectivity index (χ4n) is 3.42. The highest BCUT2D eigenvalue weighted by Gasteiger charge is 2.35. The van der Waals surface area contributed by atoms with Crippen LogP contribution >= 0.6 is 0 Å². The number of benzene rings is 2. The Morgan fingerprint density at radius 1 is 0.941 bits per heavy atom. The minimum absolute atomic E-state index is 0.0249. The quantitative estimate of drug-likeness (QED) is 0.232. The molecule has 0 aliphatic heterocycles. The summed E-state index contributed by atoms with van der Waals surface area (Å²) in [5.74, 6) is -2.43. The SMILES string of the molecule is CC(C)(C)OC(=O)NCC(=O)OCCCNc1ccc(O)c2c1C(=O)c1c(O)cccc1C2=O. The van der Waals surface area contributed by atoms with Gasteiger partial charge in [0.25, 0.3) is 0 Å². The van der Waals surface area contributed by atoms with Crippen LogP contribution in [0.25, 0.3) is 0 Å². The molecule has 0 unspecified atom stereocenters. The van der Waals surface area contributed by atoms with E-state index in [0.717, 1.165) is 0 Å². The smallest absolute Gasteiger partial charge is 0.408 e. The van der Waals surface area contributed by atoms with Crippen LogP contribution in [0, 0.1) is 0 Å². The zero-order valence-electron chi connectivity index (χ0n) is 19.1. The Bertz CT molecular complexity index is 1150. The van der Waals surface area contributed by atoms with Crippen molar-refractivity contribution < 1.29 is 38.9 Å². The zero-order valence-corrected chi connectivity index (χ0v) is 19.1. The molecule has 0 radical (unpaired) electrons. The van der Waals surface area contributed by atoms with Gasteiger partial charge >= 0.3 is 12.1 Å². The van der Waals surface area contributed by atoms with Crippen molar-refractivity contribution in [3.63, 3.8) is 0 Å². The van der Waals surface area contributed by atoms with Gasteiger partial charge < -0.3 is 30.3 Å². The average molecular weight is 470 g/mol. The number of ketones is 2. The highest BCUT2D eigenvalue weighted by atomic mass is 16.6. The van der Waals surface area contributed by atoms with E-state index >= 15 is 0 Å². The van der Waals surface area contributed by atoms with Crippen molar-refractivity contribution in [3.05, 3.63) is 52.6 Å². The van der Waals surface area contributed by atoms with Gasteiger partial charge in [-0.2, -0.15) is 0 Å². The molecule has 0 fully saturated rings. The van der Waals surface area contributed by atoms with Gasteiger partial charge in [0.2, 0.25) is 0 Å².